The first kappa shape index (κ1) is 18.9. The van der Waals surface area contributed by atoms with Gasteiger partial charge >= 0.3 is 0 Å². The van der Waals surface area contributed by atoms with Crippen LogP contribution in [0, 0.1) is 0 Å². The third kappa shape index (κ3) is 4.20. The van der Waals surface area contributed by atoms with Crippen LogP contribution in [0.3, 0.4) is 0 Å². The lowest BCUT2D eigenvalue weighted by molar-refractivity contribution is 0.0737. The topological polar surface area (TPSA) is 32.3 Å². The van der Waals surface area contributed by atoms with Crippen LogP contribution in [-0.4, -0.2) is 43.2 Å². The van der Waals surface area contributed by atoms with Crippen molar-refractivity contribution >= 4 is 53.3 Å². The van der Waals surface area contributed by atoms with E-state index in [2.05, 4.69) is 5.32 Å². The Balaban J connectivity index is 0.00000220. The molecule has 1 aliphatic heterocycles. The van der Waals surface area contributed by atoms with Gasteiger partial charge in [0.05, 0.1) is 15.6 Å². The molecule has 7 heteroatoms. The molecule has 1 N–H and O–H groups in total. The molecule has 1 heterocycles. The number of hydrogen-bond donors (Lipinski definition) is 1. The Bertz CT molecular complexity index is 513. The molecular formula is C14H19Cl3N2OS. The van der Waals surface area contributed by atoms with Crippen molar-refractivity contribution in [2.75, 3.05) is 26.4 Å². The zero-order valence-electron chi connectivity index (χ0n) is 12.0. The molecule has 118 valence electrons. The van der Waals surface area contributed by atoms with Crippen molar-refractivity contribution in [1.29, 1.82) is 0 Å². The molecule has 0 saturated carbocycles. The van der Waals surface area contributed by atoms with Gasteiger partial charge in [-0.3, -0.25) is 4.79 Å². The van der Waals surface area contributed by atoms with E-state index in [0.717, 1.165) is 30.8 Å². The highest BCUT2D eigenvalue weighted by molar-refractivity contribution is 7.98. The van der Waals surface area contributed by atoms with Crippen LogP contribution in [0.5, 0.6) is 0 Å². The van der Waals surface area contributed by atoms with Gasteiger partial charge in [-0.05, 0) is 38.3 Å². The number of nitrogens with one attached hydrogen (secondary N) is 1. The Kier molecular flexibility index (Phi) is 7.65. The summed E-state index contributed by atoms with van der Waals surface area (Å²) in [5.74, 6) is -0.000262. The van der Waals surface area contributed by atoms with Crippen molar-refractivity contribution in [1.82, 2.24) is 10.2 Å². The van der Waals surface area contributed by atoms with Crippen LogP contribution in [0.4, 0.5) is 0 Å². The van der Waals surface area contributed by atoms with Crippen molar-refractivity contribution in [2.45, 2.75) is 23.8 Å². The number of carbonyl (C=O) groups is 1. The van der Waals surface area contributed by atoms with Crippen molar-refractivity contribution in [2.24, 2.45) is 0 Å². The van der Waals surface area contributed by atoms with E-state index in [4.69, 9.17) is 23.2 Å². The molecule has 1 aliphatic rings. The number of thioether (sulfide) groups is 1. The third-order valence-electron chi connectivity index (χ3n) is 3.55. The molecule has 0 aromatic heterocycles. The molecule has 1 amide bonds. The molecule has 21 heavy (non-hydrogen) atoms. The minimum atomic E-state index is -0.000262. The second kappa shape index (κ2) is 8.49. The van der Waals surface area contributed by atoms with Gasteiger partial charge in [-0.25, -0.2) is 0 Å². The number of benzene rings is 1. The standard InChI is InChI=1S/C14H18Cl2N2OS.ClH/c1-17-8-9-4-3-5-18(9)14(19)10-6-13(20-2)12(16)7-11(10)15;/h6-7,9,17H,3-5,8H2,1-2H3;1H. The summed E-state index contributed by atoms with van der Waals surface area (Å²) >= 11 is 13.8. The van der Waals surface area contributed by atoms with E-state index in [1.54, 1.807) is 12.1 Å². The first-order valence-electron chi connectivity index (χ1n) is 6.57. The van der Waals surface area contributed by atoms with E-state index in [1.807, 2.05) is 18.2 Å². The fourth-order valence-corrected chi connectivity index (χ4v) is 3.74. The van der Waals surface area contributed by atoms with Crippen LogP contribution in [0.15, 0.2) is 17.0 Å². The van der Waals surface area contributed by atoms with E-state index in [1.165, 1.54) is 11.8 Å². The summed E-state index contributed by atoms with van der Waals surface area (Å²) in [6.07, 6.45) is 4.01. The molecule has 1 atom stereocenters. The Hall–Kier alpha value is -0.130. The molecule has 1 fully saturated rings. The summed E-state index contributed by atoms with van der Waals surface area (Å²) in [6, 6.07) is 3.70. The summed E-state index contributed by atoms with van der Waals surface area (Å²) in [4.78, 5) is 15.5. The van der Waals surface area contributed by atoms with Gasteiger partial charge in [-0.15, -0.1) is 24.2 Å². The normalized spacial score (nSPS) is 17.7. The average Bonchev–Trinajstić information content (AvgIpc) is 2.87. The van der Waals surface area contributed by atoms with Crippen LogP contribution in [0.25, 0.3) is 0 Å². The molecule has 0 radical (unpaired) electrons. The molecule has 3 nitrogen and oxygen atoms in total. The van der Waals surface area contributed by atoms with Gasteiger partial charge in [-0.2, -0.15) is 0 Å². The fraction of sp³-hybridized carbons (Fsp3) is 0.500. The number of likely N-dealkylation sites (N-methyl/N-ethyl adjacent to an activating group) is 1. The lowest BCUT2D eigenvalue weighted by Crippen LogP contribution is -2.40. The lowest BCUT2D eigenvalue weighted by atomic mass is 10.1. The average molecular weight is 370 g/mol. The van der Waals surface area contributed by atoms with Gasteiger partial charge in [0.1, 0.15) is 0 Å². The Labute approximate surface area is 146 Å². The van der Waals surface area contributed by atoms with Crippen molar-refractivity contribution < 1.29 is 4.79 Å². The Morgan fingerprint density at radius 2 is 2.14 bits per heavy atom. The maximum atomic E-state index is 12.7. The van der Waals surface area contributed by atoms with Crippen molar-refractivity contribution in [3.8, 4) is 0 Å². The highest BCUT2D eigenvalue weighted by Crippen LogP contribution is 2.32. The molecule has 2 rings (SSSR count). The predicted molar refractivity (Wildman–Crippen MR) is 93.5 cm³/mol. The van der Waals surface area contributed by atoms with E-state index < -0.39 is 0 Å². The lowest BCUT2D eigenvalue weighted by Gasteiger charge is -2.25. The Morgan fingerprint density at radius 3 is 2.76 bits per heavy atom. The number of hydrogen-bond acceptors (Lipinski definition) is 3. The minimum Gasteiger partial charge on any atom is -0.334 e. The highest BCUT2D eigenvalue weighted by atomic mass is 35.5. The molecule has 0 bridgehead atoms. The number of carbonyl (C=O) groups excluding carboxylic acids is 1. The molecule has 0 spiro atoms. The first-order valence-corrected chi connectivity index (χ1v) is 8.55. The summed E-state index contributed by atoms with van der Waals surface area (Å²) in [7, 11) is 1.90. The molecule has 1 aromatic rings. The van der Waals surface area contributed by atoms with Crippen LogP contribution in [0.1, 0.15) is 23.2 Å². The van der Waals surface area contributed by atoms with Crippen LogP contribution < -0.4 is 5.32 Å². The molecule has 1 aromatic carbocycles. The molecule has 0 aliphatic carbocycles. The van der Waals surface area contributed by atoms with Gasteiger partial charge in [0.2, 0.25) is 0 Å². The van der Waals surface area contributed by atoms with Crippen molar-refractivity contribution in [3.63, 3.8) is 0 Å². The maximum Gasteiger partial charge on any atom is 0.255 e. The van der Waals surface area contributed by atoms with Gasteiger partial charge in [0.25, 0.3) is 5.91 Å². The number of nitrogens with zero attached hydrogens (tertiary/aromatic N) is 1. The van der Waals surface area contributed by atoms with Crippen molar-refractivity contribution in [3.05, 3.63) is 27.7 Å². The maximum absolute atomic E-state index is 12.7. The van der Waals surface area contributed by atoms with Crippen LogP contribution in [0.2, 0.25) is 10.0 Å². The zero-order valence-corrected chi connectivity index (χ0v) is 15.1. The van der Waals surface area contributed by atoms with Gasteiger partial charge < -0.3 is 10.2 Å². The largest absolute Gasteiger partial charge is 0.334 e. The fourth-order valence-electron chi connectivity index (χ4n) is 2.56. The van der Waals surface area contributed by atoms with Crippen LogP contribution in [-0.2, 0) is 0 Å². The number of amides is 1. The quantitative estimate of drug-likeness (QED) is 0.815. The first-order chi connectivity index (χ1) is 9.58. The second-order valence-corrected chi connectivity index (χ2v) is 6.48. The Morgan fingerprint density at radius 1 is 1.43 bits per heavy atom. The number of rotatable bonds is 4. The van der Waals surface area contributed by atoms with Gasteiger partial charge in [0.15, 0.2) is 0 Å². The van der Waals surface area contributed by atoms with E-state index in [0.29, 0.717) is 15.6 Å². The molecule has 1 unspecified atom stereocenters. The van der Waals surface area contributed by atoms with Gasteiger partial charge in [-0.1, -0.05) is 23.2 Å². The van der Waals surface area contributed by atoms with E-state index >= 15 is 0 Å². The summed E-state index contributed by atoms with van der Waals surface area (Å²) in [5.41, 5.74) is 0.545. The third-order valence-corrected chi connectivity index (χ3v) is 5.06. The summed E-state index contributed by atoms with van der Waals surface area (Å²) < 4.78 is 0. The number of likely N-dealkylation sites (tertiary alicyclic amines) is 1. The van der Waals surface area contributed by atoms with E-state index in [9.17, 15) is 4.79 Å². The van der Waals surface area contributed by atoms with Crippen LogP contribution >= 0.6 is 47.4 Å². The monoisotopic (exact) mass is 368 g/mol. The van der Waals surface area contributed by atoms with E-state index in [-0.39, 0.29) is 24.4 Å². The molecule has 1 saturated heterocycles. The highest BCUT2D eigenvalue weighted by Gasteiger charge is 2.30. The number of halogens is 3. The smallest absolute Gasteiger partial charge is 0.255 e. The predicted octanol–water partition coefficient (Wildman–Crippen LogP) is 3.96. The summed E-state index contributed by atoms with van der Waals surface area (Å²) in [6.45, 7) is 1.60. The second-order valence-electron chi connectivity index (χ2n) is 4.82. The summed E-state index contributed by atoms with van der Waals surface area (Å²) in [5, 5.41) is 4.15. The SMILES string of the molecule is CNCC1CCCN1C(=O)c1cc(SC)c(Cl)cc1Cl.Cl. The molecular weight excluding hydrogens is 351 g/mol. The minimum absolute atomic E-state index is 0. The zero-order chi connectivity index (χ0) is 14.7. The van der Waals surface area contributed by atoms with Gasteiger partial charge in [0, 0.05) is 24.0 Å².